The number of benzene rings is 3. The fourth-order valence-corrected chi connectivity index (χ4v) is 10.9. The van der Waals surface area contributed by atoms with Crippen LogP contribution in [0.5, 0.6) is 0 Å². The van der Waals surface area contributed by atoms with E-state index in [0.717, 1.165) is 12.5 Å². The number of nitrogens with one attached hydrogen (secondary N) is 1. The minimum absolute atomic E-state index is 0.0425. The summed E-state index contributed by atoms with van der Waals surface area (Å²) in [5.74, 6) is -6.54. The summed E-state index contributed by atoms with van der Waals surface area (Å²) in [6.45, 7) is 11.7. The third kappa shape index (κ3) is 9.42. The molecular formula is C52H62N2O15. The Morgan fingerprint density at radius 1 is 0.884 bits per heavy atom. The highest BCUT2D eigenvalue weighted by atomic mass is 16.6. The summed E-state index contributed by atoms with van der Waals surface area (Å²) in [4.78, 5) is 85.0. The van der Waals surface area contributed by atoms with Gasteiger partial charge in [-0.25, -0.2) is 14.4 Å². The largest absolute Gasteiger partial charge is 0.460 e. The summed E-state index contributed by atoms with van der Waals surface area (Å²) in [6, 6.07) is 22.2. The molecule has 0 aromatic heterocycles. The van der Waals surface area contributed by atoms with Crippen molar-refractivity contribution in [2.75, 3.05) is 6.61 Å². The van der Waals surface area contributed by atoms with Crippen molar-refractivity contribution in [3.63, 3.8) is 0 Å². The van der Waals surface area contributed by atoms with Crippen molar-refractivity contribution in [3.05, 3.63) is 119 Å². The molecule has 4 aliphatic rings. The maximum absolute atomic E-state index is 15.7. The zero-order valence-electron chi connectivity index (χ0n) is 40.0. The Bertz CT molecular complexity index is 2470. The summed E-state index contributed by atoms with van der Waals surface area (Å²) in [7, 11) is 0. The van der Waals surface area contributed by atoms with Crippen LogP contribution in [0.25, 0.3) is 0 Å². The second-order valence-corrected chi connectivity index (χ2v) is 20.3. The number of aliphatic hydroxyl groups is 3. The number of esters is 4. The number of rotatable bonds is 12. The molecule has 2 saturated carbocycles. The minimum Gasteiger partial charge on any atom is -0.460 e. The molecule has 3 aromatic rings. The number of ether oxygens (including phenoxy) is 6. The number of hydrogen-bond donors (Lipinski definition) is 5. The number of carbonyl (C=O) groups excluding carboxylic acids is 6. The van der Waals surface area contributed by atoms with Crippen LogP contribution < -0.4 is 11.1 Å². The number of alkyl carbamates (subject to hydrolysis) is 1. The van der Waals surface area contributed by atoms with E-state index in [1.54, 1.807) is 93.6 Å². The lowest BCUT2D eigenvalue weighted by Crippen LogP contribution is -2.82. The van der Waals surface area contributed by atoms with Gasteiger partial charge in [0, 0.05) is 25.2 Å². The molecule has 17 heteroatoms. The van der Waals surface area contributed by atoms with E-state index < -0.39 is 124 Å². The first kappa shape index (κ1) is 50.9. The molecule has 2 bridgehead atoms. The number of amides is 1. The number of nitrogens with two attached hydrogens (primary N) is 1. The molecule has 3 aliphatic carbocycles. The number of hydrogen-bond acceptors (Lipinski definition) is 16. The van der Waals surface area contributed by atoms with Crippen LogP contribution in [0.1, 0.15) is 95.8 Å². The fourth-order valence-electron chi connectivity index (χ4n) is 10.9. The monoisotopic (exact) mass is 954 g/mol. The van der Waals surface area contributed by atoms with Gasteiger partial charge >= 0.3 is 30.0 Å². The second-order valence-electron chi connectivity index (χ2n) is 20.3. The van der Waals surface area contributed by atoms with Crippen molar-refractivity contribution >= 4 is 35.8 Å². The molecule has 0 radical (unpaired) electrons. The fraction of sp³-hybridized carbons (Fsp3) is 0.500. The standard InChI is InChI=1S/C52H62N2O15/c1-28-34(65-46(61)40(57)38(31-20-14-10-15-21-31)54-47(62)69-48(3,4)5)26-52(63)43(67-44(59)32-22-16-11-17-23-32)41-50(8,42(58)39(56)37(28)49(52,6)7)35(25-36-51(41,27-64-36)68-29(2)55)66-45(60)33(53)24-30-18-12-9-13-19-30/h9-23,33-36,38-41,43,56-57,63H,24-27,53H2,1-8H3,(H,54,62)/t33?,34-,35-,36+,38?,39+,40?,41-,43-,50+,51-,52+/m0/s1. The average Bonchev–Trinajstić information content (AvgIpc) is 3.28. The van der Waals surface area contributed by atoms with Gasteiger partial charge in [0.15, 0.2) is 17.5 Å². The SMILES string of the molecule is CC(=O)O[C@@]12CO[C@@H]1C[C@H](OC(=O)C(N)Cc1ccccc1)[C@@]1(C)C(=O)[C@H](O)C3=C(C)[C@@H](OC(=O)C(O)C(NC(=O)OC(C)(C)C)c4ccccc4)C[C@@](O)([C@@H](OC(=O)c4ccccc4)[C@H]21)C3(C)C. The van der Waals surface area contributed by atoms with E-state index in [2.05, 4.69) is 5.32 Å². The summed E-state index contributed by atoms with van der Waals surface area (Å²) in [5.41, 5.74) is -1.57. The van der Waals surface area contributed by atoms with Gasteiger partial charge in [-0.05, 0) is 75.4 Å². The minimum atomic E-state index is -2.45. The molecular weight excluding hydrogens is 893 g/mol. The molecule has 1 amide bonds. The van der Waals surface area contributed by atoms with Crippen LogP contribution in [0.4, 0.5) is 4.79 Å². The predicted octanol–water partition coefficient (Wildman–Crippen LogP) is 4.38. The maximum atomic E-state index is 15.7. The third-order valence-electron chi connectivity index (χ3n) is 14.4. The average molecular weight is 955 g/mol. The molecule has 17 nitrogen and oxygen atoms in total. The van der Waals surface area contributed by atoms with Gasteiger partial charge in [-0.15, -0.1) is 0 Å². The highest BCUT2D eigenvalue weighted by Crippen LogP contribution is 2.64. The maximum Gasteiger partial charge on any atom is 0.408 e. The van der Waals surface area contributed by atoms with E-state index >= 15 is 4.79 Å². The van der Waals surface area contributed by atoms with Gasteiger partial charge < -0.3 is 54.8 Å². The van der Waals surface area contributed by atoms with Gasteiger partial charge in [0.05, 0.1) is 29.5 Å². The third-order valence-corrected chi connectivity index (χ3v) is 14.4. The lowest BCUT2D eigenvalue weighted by molar-refractivity contribution is -0.346. The topological polar surface area (TPSA) is 257 Å². The number of carbonyl (C=O) groups is 6. The van der Waals surface area contributed by atoms with E-state index in [-0.39, 0.29) is 36.2 Å². The highest BCUT2D eigenvalue weighted by Gasteiger charge is 2.78. The lowest BCUT2D eigenvalue weighted by Gasteiger charge is -2.67. The summed E-state index contributed by atoms with van der Waals surface area (Å²) >= 11 is 0. The van der Waals surface area contributed by atoms with Gasteiger partial charge in [-0.2, -0.15) is 0 Å². The molecule has 0 spiro atoms. The molecule has 370 valence electrons. The smallest absolute Gasteiger partial charge is 0.408 e. The second kappa shape index (κ2) is 19.1. The molecule has 3 fully saturated rings. The Morgan fingerprint density at radius 3 is 2.04 bits per heavy atom. The first-order chi connectivity index (χ1) is 32.4. The zero-order valence-corrected chi connectivity index (χ0v) is 40.0. The number of fused-ring (bicyclic) bond motifs is 5. The lowest BCUT2D eigenvalue weighted by atomic mass is 9.44. The molecule has 1 aliphatic heterocycles. The van der Waals surface area contributed by atoms with Gasteiger partial charge in [-0.1, -0.05) is 92.7 Å². The number of Topliss-reactive ketones (excluding diaryl/α,β-unsaturated/α-hetero) is 1. The molecule has 6 N–H and O–H groups in total. The summed E-state index contributed by atoms with van der Waals surface area (Å²) in [5, 5.41) is 40.8. The Morgan fingerprint density at radius 2 is 1.48 bits per heavy atom. The van der Waals surface area contributed by atoms with Crippen LogP contribution in [-0.4, -0.2) is 117 Å². The first-order valence-electron chi connectivity index (χ1n) is 23.0. The van der Waals surface area contributed by atoms with E-state index in [9.17, 15) is 39.3 Å². The Kier molecular flexibility index (Phi) is 14.1. The van der Waals surface area contributed by atoms with Crippen LogP contribution in [0.2, 0.25) is 0 Å². The van der Waals surface area contributed by atoms with Crippen LogP contribution in [0.15, 0.2) is 102 Å². The van der Waals surface area contributed by atoms with Crippen LogP contribution in [-0.2, 0) is 54.0 Å². The highest BCUT2D eigenvalue weighted by molar-refractivity contribution is 5.94. The van der Waals surface area contributed by atoms with Crippen LogP contribution >= 0.6 is 0 Å². The molecule has 12 atom stereocenters. The molecule has 7 rings (SSSR count). The van der Waals surface area contributed by atoms with Crippen molar-refractivity contribution in [1.82, 2.24) is 5.32 Å². The van der Waals surface area contributed by atoms with Gasteiger partial charge in [0.2, 0.25) is 0 Å². The Labute approximate surface area is 400 Å². The van der Waals surface area contributed by atoms with E-state index in [0.29, 0.717) is 5.56 Å². The Hall–Kier alpha value is -5.98. The van der Waals surface area contributed by atoms with E-state index in [1.807, 2.05) is 6.07 Å². The van der Waals surface area contributed by atoms with Crippen molar-refractivity contribution in [1.29, 1.82) is 0 Å². The quantitative estimate of drug-likeness (QED) is 0.0959. The molecule has 1 saturated heterocycles. The van der Waals surface area contributed by atoms with Crippen molar-refractivity contribution in [2.45, 2.75) is 140 Å². The van der Waals surface area contributed by atoms with Gasteiger partial charge in [-0.3, -0.25) is 14.4 Å². The predicted molar refractivity (Wildman–Crippen MR) is 246 cm³/mol. The van der Waals surface area contributed by atoms with Gasteiger partial charge in [0.1, 0.15) is 47.8 Å². The van der Waals surface area contributed by atoms with Crippen molar-refractivity contribution < 1.29 is 72.5 Å². The summed E-state index contributed by atoms with van der Waals surface area (Å²) < 4.78 is 36.4. The molecule has 3 aromatic carbocycles. The zero-order chi connectivity index (χ0) is 50.4. The normalized spacial score (nSPS) is 30.5. The van der Waals surface area contributed by atoms with Gasteiger partial charge in [0.25, 0.3) is 0 Å². The molecule has 1 heterocycles. The number of ketones is 1. The first-order valence-corrected chi connectivity index (χ1v) is 23.0. The Balaban J connectivity index is 1.37. The molecule has 69 heavy (non-hydrogen) atoms. The van der Waals surface area contributed by atoms with Crippen LogP contribution in [0, 0.1) is 16.7 Å². The van der Waals surface area contributed by atoms with E-state index in [1.165, 1.54) is 39.8 Å². The number of aliphatic hydroxyl groups excluding tert-OH is 2. The molecule has 3 unspecified atom stereocenters. The van der Waals surface area contributed by atoms with E-state index in [4.69, 9.17) is 34.2 Å². The van der Waals surface area contributed by atoms with Crippen LogP contribution in [0.3, 0.4) is 0 Å². The van der Waals surface area contributed by atoms with Crippen molar-refractivity contribution in [2.24, 2.45) is 22.5 Å². The summed E-state index contributed by atoms with van der Waals surface area (Å²) in [6.07, 6.45) is -11.9. The van der Waals surface area contributed by atoms with Crippen molar-refractivity contribution in [3.8, 4) is 0 Å².